The van der Waals surface area contributed by atoms with E-state index in [0.29, 0.717) is 19.4 Å². The Kier molecular flexibility index (Phi) is 16.2. The SMILES string of the molecule is C=CC(=O)OCCCCO.OCCO. The molecule has 0 radical (unpaired) electrons. The Morgan fingerprint density at radius 1 is 1.14 bits per heavy atom. The van der Waals surface area contributed by atoms with E-state index in [2.05, 4.69) is 11.3 Å². The third-order valence-electron chi connectivity index (χ3n) is 1.06. The second-order valence-electron chi connectivity index (χ2n) is 2.25. The molecule has 5 nitrogen and oxygen atoms in total. The number of rotatable bonds is 6. The van der Waals surface area contributed by atoms with Crippen molar-refractivity contribution in [3.8, 4) is 0 Å². The van der Waals surface area contributed by atoms with Crippen molar-refractivity contribution in [3.05, 3.63) is 12.7 Å². The van der Waals surface area contributed by atoms with Gasteiger partial charge in [-0.15, -0.1) is 0 Å². The van der Waals surface area contributed by atoms with Crippen LogP contribution in [0.3, 0.4) is 0 Å². The van der Waals surface area contributed by atoms with E-state index in [9.17, 15) is 4.79 Å². The zero-order valence-corrected chi connectivity index (χ0v) is 8.19. The molecule has 0 unspecified atom stereocenters. The lowest BCUT2D eigenvalue weighted by Gasteiger charge is -1.98. The highest BCUT2D eigenvalue weighted by atomic mass is 16.5. The van der Waals surface area contributed by atoms with Crippen LogP contribution < -0.4 is 0 Å². The summed E-state index contributed by atoms with van der Waals surface area (Å²) < 4.78 is 4.63. The minimum Gasteiger partial charge on any atom is -0.463 e. The van der Waals surface area contributed by atoms with Crippen LogP contribution in [0.15, 0.2) is 12.7 Å². The van der Waals surface area contributed by atoms with Gasteiger partial charge in [0.25, 0.3) is 0 Å². The van der Waals surface area contributed by atoms with Crippen molar-refractivity contribution < 1.29 is 24.9 Å². The molecule has 0 spiro atoms. The largest absolute Gasteiger partial charge is 0.463 e. The number of ether oxygens (including phenoxy) is 1. The highest BCUT2D eigenvalue weighted by molar-refractivity contribution is 5.81. The Balaban J connectivity index is 0. The molecule has 0 aliphatic carbocycles. The van der Waals surface area contributed by atoms with E-state index < -0.39 is 5.97 Å². The number of hydrogen-bond acceptors (Lipinski definition) is 5. The molecule has 0 atom stereocenters. The molecule has 0 bridgehead atoms. The monoisotopic (exact) mass is 206 g/mol. The Morgan fingerprint density at radius 2 is 1.71 bits per heavy atom. The Hall–Kier alpha value is -0.910. The topological polar surface area (TPSA) is 87.0 Å². The lowest BCUT2D eigenvalue weighted by molar-refractivity contribution is -0.137. The Labute approximate surface area is 83.6 Å². The van der Waals surface area contributed by atoms with Crippen molar-refractivity contribution in [2.75, 3.05) is 26.4 Å². The lowest BCUT2D eigenvalue weighted by Crippen LogP contribution is -2.02. The second kappa shape index (κ2) is 14.6. The molecule has 0 rings (SSSR count). The van der Waals surface area contributed by atoms with Gasteiger partial charge in [0, 0.05) is 12.7 Å². The van der Waals surface area contributed by atoms with E-state index in [1.165, 1.54) is 0 Å². The molecule has 0 aromatic carbocycles. The van der Waals surface area contributed by atoms with Crippen molar-refractivity contribution in [1.29, 1.82) is 0 Å². The molecule has 0 aromatic rings. The molecule has 0 amide bonds. The number of esters is 1. The van der Waals surface area contributed by atoms with Crippen molar-refractivity contribution in [2.45, 2.75) is 12.8 Å². The van der Waals surface area contributed by atoms with Crippen LogP contribution in [0.25, 0.3) is 0 Å². The number of unbranched alkanes of at least 4 members (excludes halogenated alkanes) is 1. The molecule has 0 aromatic heterocycles. The molecular formula is C9H18O5. The van der Waals surface area contributed by atoms with Gasteiger partial charge in [0.2, 0.25) is 0 Å². The number of carbonyl (C=O) groups is 1. The summed E-state index contributed by atoms with van der Waals surface area (Å²) in [6, 6.07) is 0. The summed E-state index contributed by atoms with van der Waals surface area (Å²) in [5.74, 6) is -0.405. The summed E-state index contributed by atoms with van der Waals surface area (Å²) >= 11 is 0. The van der Waals surface area contributed by atoms with E-state index in [4.69, 9.17) is 15.3 Å². The van der Waals surface area contributed by atoms with Crippen LogP contribution >= 0.6 is 0 Å². The smallest absolute Gasteiger partial charge is 0.330 e. The van der Waals surface area contributed by atoms with Gasteiger partial charge in [-0.3, -0.25) is 0 Å². The number of aliphatic hydroxyl groups excluding tert-OH is 3. The van der Waals surface area contributed by atoms with Gasteiger partial charge in [-0.25, -0.2) is 4.79 Å². The highest BCUT2D eigenvalue weighted by Crippen LogP contribution is 1.88. The fraction of sp³-hybridized carbons (Fsp3) is 0.667. The minimum absolute atomic E-state index is 0.125. The predicted octanol–water partition coefficient (Wildman–Crippen LogP) is -0.541. The van der Waals surface area contributed by atoms with Crippen LogP contribution in [0.2, 0.25) is 0 Å². The van der Waals surface area contributed by atoms with E-state index in [1.807, 2.05) is 0 Å². The molecule has 0 aliphatic heterocycles. The zero-order chi connectivity index (χ0) is 11.2. The maximum absolute atomic E-state index is 10.4. The standard InChI is InChI=1S/C7H12O3.C2H6O2/c1-2-7(9)10-6-4-3-5-8;3-1-2-4/h2,8H,1,3-6H2;3-4H,1-2H2. The van der Waals surface area contributed by atoms with E-state index in [1.54, 1.807) is 0 Å². The zero-order valence-electron chi connectivity index (χ0n) is 8.19. The lowest BCUT2D eigenvalue weighted by atomic mass is 10.3. The molecule has 84 valence electrons. The van der Waals surface area contributed by atoms with Crippen molar-refractivity contribution in [2.24, 2.45) is 0 Å². The van der Waals surface area contributed by atoms with Gasteiger partial charge in [-0.05, 0) is 12.8 Å². The third kappa shape index (κ3) is 17.3. The molecule has 0 saturated carbocycles. The molecule has 0 saturated heterocycles. The fourth-order valence-corrected chi connectivity index (χ4v) is 0.446. The number of aliphatic hydroxyl groups is 3. The maximum Gasteiger partial charge on any atom is 0.330 e. The molecule has 0 aliphatic rings. The second-order valence-corrected chi connectivity index (χ2v) is 2.25. The Morgan fingerprint density at radius 3 is 2.07 bits per heavy atom. The summed E-state index contributed by atoms with van der Waals surface area (Å²) in [5, 5.41) is 23.6. The number of carbonyl (C=O) groups excluding carboxylic acids is 1. The summed E-state index contributed by atoms with van der Waals surface area (Å²) in [6.45, 7) is 3.50. The predicted molar refractivity (Wildman–Crippen MR) is 51.6 cm³/mol. The minimum atomic E-state index is -0.405. The summed E-state index contributed by atoms with van der Waals surface area (Å²) in [6.07, 6.45) is 2.50. The van der Waals surface area contributed by atoms with Gasteiger partial charge in [0.1, 0.15) is 0 Å². The van der Waals surface area contributed by atoms with Gasteiger partial charge in [-0.1, -0.05) is 6.58 Å². The van der Waals surface area contributed by atoms with Gasteiger partial charge < -0.3 is 20.1 Å². The Bertz CT molecular complexity index is 133. The third-order valence-corrected chi connectivity index (χ3v) is 1.06. The first-order valence-electron chi connectivity index (χ1n) is 4.34. The van der Waals surface area contributed by atoms with Crippen LogP contribution in [-0.4, -0.2) is 47.7 Å². The molecular weight excluding hydrogens is 188 g/mol. The van der Waals surface area contributed by atoms with Crippen molar-refractivity contribution >= 4 is 5.97 Å². The normalized spacial score (nSPS) is 8.50. The van der Waals surface area contributed by atoms with E-state index in [-0.39, 0.29) is 19.8 Å². The first-order valence-corrected chi connectivity index (χ1v) is 4.34. The quantitative estimate of drug-likeness (QED) is 0.308. The molecule has 0 fully saturated rings. The van der Waals surface area contributed by atoms with Crippen molar-refractivity contribution in [3.63, 3.8) is 0 Å². The molecule has 3 N–H and O–H groups in total. The van der Waals surface area contributed by atoms with Gasteiger partial charge in [-0.2, -0.15) is 0 Å². The average molecular weight is 206 g/mol. The molecule has 5 heteroatoms. The van der Waals surface area contributed by atoms with Crippen molar-refractivity contribution in [1.82, 2.24) is 0 Å². The van der Waals surface area contributed by atoms with E-state index in [0.717, 1.165) is 6.08 Å². The summed E-state index contributed by atoms with van der Waals surface area (Å²) in [7, 11) is 0. The highest BCUT2D eigenvalue weighted by Gasteiger charge is 1.92. The summed E-state index contributed by atoms with van der Waals surface area (Å²) in [5.41, 5.74) is 0. The van der Waals surface area contributed by atoms with Crippen LogP contribution in [0.5, 0.6) is 0 Å². The first kappa shape index (κ1) is 15.6. The van der Waals surface area contributed by atoms with Crippen LogP contribution in [-0.2, 0) is 9.53 Å². The van der Waals surface area contributed by atoms with Crippen LogP contribution in [0.1, 0.15) is 12.8 Å². The van der Waals surface area contributed by atoms with Gasteiger partial charge in [0.15, 0.2) is 0 Å². The van der Waals surface area contributed by atoms with Gasteiger partial charge >= 0.3 is 5.97 Å². The number of hydrogen-bond donors (Lipinski definition) is 3. The molecule has 14 heavy (non-hydrogen) atoms. The fourth-order valence-electron chi connectivity index (χ4n) is 0.446. The molecule has 0 heterocycles. The van der Waals surface area contributed by atoms with Crippen LogP contribution in [0.4, 0.5) is 0 Å². The first-order chi connectivity index (χ1) is 6.72. The van der Waals surface area contributed by atoms with E-state index >= 15 is 0 Å². The maximum atomic E-state index is 10.4. The van der Waals surface area contributed by atoms with Gasteiger partial charge in [0.05, 0.1) is 19.8 Å². The van der Waals surface area contributed by atoms with Crippen LogP contribution in [0, 0.1) is 0 Å². The summed E-state index contributed by atoms with van der Waals surface area (Å²) in [4.78, 5) is 10.4. The average Bonchev–Trinajstić information content (AvgIpc) is 2.24.